The van der Waals surface area contributed by atoms with Crippen molar-refractivity contribution in [2.24, 2.45) is 5.73 Å². The zero-order valence-corrected chi connectivity index (χ0v) is 11.9. The number of nitrogens with zero attached hydrogens (tertiary/aromatic N) is 1. The maximum Gasteiger partial charge on any atom is 0.223 e. The van der Waals surface area contributed by atoms with Crippen molar-refractivity contribution < 1.29 is 4.79 Å². The molecule has 1 saturated heterocycles. The highest BCUT2D eigenvalue weighted by Crippen LogP contribution is 2.25. The molecular weight excluding hydrogens is 236 g/mol. The van der Waals surface area contributed by atoms with Crippen molar-refractivity contribution in [1.82, 2.24) is 4.90 Å². The second-order valence-corrected chi connectivity index (χ2v) is 5.58. The van der Waals surface area contributed by atoms with Gasteiger partial charge in [0.25, 0.3) is 0 Å². The molecule has 104 valence electrons. The summed E-state index contributed by atoms with van der Waals surface area (Å²) in [6.07, 6.45) is 2.73. The van der Waals surface area contributed by atoms with Crippen LogP contribution in [0.4, 0.5) is 0 Å². The third-order valence-corrected chi connectivity index (χ3v) is 4.17. The third kappa shape index (κ3) is 3.16. The largest absolute Gasteiger partial charge is 0.338 e. The predicted molar refractivity (Wildman–Crippen MR) is 78.0 cm³/mol. The Kier molecular flexibility index (Phi) is 4.59. The Morgan fingerprint density at radius 2 is 2.21 bits per heavy atom. The topological polar surface area (TPSA) is 46.3 Å². The molecule has 1 aliphatic heterocycles. The number of hydrogen-bond acceptors (Lipinski definition) is 2. The molecule has 0 aliphatic carbocycles. The molecule has 0 unspecified atom stereocenters. The Balaban J connectivity index is 2.01. The number of carbonyl (C=O) groups is 1. The summed E-state index contributed by atoms with van der Waals surface area (Å²) in [4.78, 5) is 14.4. The van der Waals surface area contributed by atoms with Crippen LogP contribution < -0.4 is 5.73 Å². The zero-order valence-electron chi connectivity index (χ0n) is 11.9. The van der Waals surface area contributed by atoms with Crippen LogP contribution in [0.15, 0.2) is 24.3 Å². The SMILES string of the molecule is Cc1ccccc1[C@H](C)CC(=O)N1CCC[C@H]1CN. The lowest BCUT2D eigenvalue weighted by Gasteiger charge is -2.25. The van der Waals surface area contributed by atoms with Gasteiger partial charge in [-0.15, -0.1) is 0 Å². The highest BCUT2D eigenvalue weighted by Gasteiger charge is 2.28. The van der Waals surface area contributed by atoms with Gasteiger partial charge < -0.3 is 10.6 Å². The van der Waals surface area contributed by atoms with Crippen LogP contribution in [-0.2, 0) is 4.79 Å². The van der Waals surface area contributed by atoms with Gasteiger partial charge in [0.1, 0.15) is 0 Å². The van der Waals surface area contributed by atoms with Crippen molar-refractivity contribution in [1.29, 1.82) is 0 Å². The van der Waals surface area contributed by atoms with Gasteiger partial charge in [0, 0.05) is 25.6 Å². The van der Waals surface area contributed by atoms with Gasteiger partial charge in [0.05, 0.1) is 0 Å². The molecule has 0 bridgehead atoms. The Hall–Kier alpha value is -1.35. The lowest BCUT2D eigenvalue weighted by Crippen LogP contribution is -2.40. The lowest BCUT2D eigenvalue weighted by molar-refractivity contribution is -0.132. The highest BCUT2D eigenvalue weighted by atomic mass is 16.2. The van der Waals surface area contributed by atoms with E-state index < -0.39 is 0 Å². The zero-order chi connectivity index (χ0) is 13.8. The molecule has 2 rings (SSSR count). The van der Waals surface area contributed by atoms with Crippen molar-refractivity contribution in [2.75, 3.05) is 13.1 Å². The molecular formula is C16H24N2O. The van der Waals surface area contributed by atoms with E-state index in [1.807, 2.05) is 17.0 Å². The van der Waals surface area contributed by atoms with Crippen molar-refractivity contribution in [3.05, 3.63) is 35.4 Å². The molecule has 1 heterocycles. The normalized spacial score (nSPS) is 20.6. The summed E-state index contributed by atoms with van der Waals surface area (Å²) in [7, 11) is 0. The molecule has 0 aromatic heterocycles. The molecule has 3 nitrogen and oxygen atoms in total. The van der Waals surface area contributed by atoms with Gasteiger partial charge in [-0.2, -0.15) is 0 Å². The summed E-state index contributed by atoms with van der Waals surface area (Å²) in [5.41, 5.74) is 8.27. The summed E-state index contributed by atoms with van der Waals surface area (Å²) in [5, 5.41) is 0. The van der Waals surface area contributed by atoms with Crippen LogP contribution in [-0.4, -0.2) is 29.9 Å². The fraction of sp³-hybridized carbons (Fsp3) is 0.562. The van der Waals surface area contributed by atoms with Gasteiger partial charge in [-0.05, 0) is 36.8 Å². The summed E-state index contributed by atoms with van der Waals surface area (Å²) in [6, 6.07) is 8.57. The summed E-state index contributed by atoms with van der Waals surface area (Å²) >= 11 is 0. The van der Waals surface area contributed by atoms with E-state index in [9.17, 15) is 4.79 Å². The van der Waals surface area contributed by atoms with Crippen molar-refractivity contribution in [2.45, 2.75) is 45.1 Å². The summed E-state index contributed by atoms with van der Waals surface area (Å²) in [5.74, 6) is 0.524. The molecule has 1 aromatic rings. The number of carbonyl (C=O) groups excluding carboxylic acids is 1. The standard InChI is InChI=1S/C16H24N2O/c1-12-6-3-4-8-15(12)13(2)10-16(19)18-9-5-7-14(18)11-17/h3-4,6,8,13-14H,5,7,9-11,17H2,1-2H3/t13-,14+/m1/s1. The first-order valence-electron chi connectivity index (χ1n) is 7.18. The van der Waals surface area contributed by atoms with Crippen LogP contribution >= 0.6 is 0 Å². The Morgan fingerprint density at radius 3 is 2.89 bits per heavy atom. The van der Waals surface area contributed by atoms with Crippen LogP contribution in [0.2, 0.25) is 0 Å². The maximum absolute atomic E-state index is 12.4. The van der Waals surface area contributed by atoms with Gasteiger partial charge in [-0.3, -0.25) is 4.79 Å². The number of amides is 1. The van der Waals surface area contributed by atoms with E-state index in [-0.39, 0.29) is 17.9 Å². The molecule has 1 aromatic carbocycles. The molecule has 2 atom stereocenters. The van der Waals surface area contributed by atoms with E-state index in [2.05, 4.69) is 26.0 Å². The van der Waals surface area contributed by atoms with E-state index in [4.69, 9.17) is 5.73 Å². The van der Waals surface area contributed by atoms with Gasteiger partial charge in [0.2, 0.25) is 5.91 Å². The molecule has 0 spiro atoms. The fourth-order valence-electron chi connectivity index (χ4n) is 3.04. The number of benzene rings is 1. The van der Waals surface area contributed by atoms with Crippen LogP contribution in [0.5, 0.6) is 0 Å². The molecule has 0 radical (unpaired) electrons. The van der Waals surface area contributed by atoms with Crippen LogP contribution in [0, 0.1) is 6.92 Å². The van der Waals surface area contributed by atoms with E-state index in [1.54, 1.807) is 0 Å². The van der Waals surface area contributed by atoms with E-state index in [0.29, 0.717) is 13.0 Å². The Labute approximate surface area is 115 Å². The Bertz CT molecular complexity index is 444. The van der Waals surface area contributed by atoms with Crippen LogP contribution in [0.1, 0.15) is 43.2 Å². The molecule has 0 saturated carbocycles. The Morgan fingerprint density at radius 1 is 1.47 bits per heavy atom. The number of aryl methyl sites for hydroxylation is 1. The van der Waals surface area contributed by atoms with E-state index in [1.165, 1.54) is 11.1 Å². The van der Waals surface area contributed by atoms with E-state index >= 15 is 0 Å². The highest BCUT2D eigenvalue weighted by molar-refractivity contribution is 5.77. The lowest BCUT2D eigenvalue weighted by atomic mass is 9.93. The monoisotopic (exact) mass is 260 g/mol. The predicted octanol–water partition coefficient (Wildman–Crippen LogP) is 2.44. The minimum Gasteiger partial charge on any atom is -0.338 e. The quantitative estimate of drug-likeness (QED) is 0.904. The maximum atomic E-state index is 12.4. The second-order valence-electron chi connectivity index (χ2n) is 5.58. The minimum atomic E-state index is 0.253. The first kappa shape index (κ1) is 14.1. The molecule has 3 heteroatoms. The fourth-order valence-corrected chi connectivity index (χ4v) is 3.04. The van der Waals surface area contributed by atoms with Gasteiger partial charge >= 0.3 is 0 Å². The average Bonchev–Trinajstić information content (AvgIpc) is 2.87. The first-order chi connectivity index (χ1) is 9.13. The van der Waals surface area contributed by atoms with Gasteiger partial charge in [-0.1, -0.05) is 31.2 Å². The van der Waals surface area contributed by atoms with Gasteiger partial charge in [0.15, 0.2) is 0 Å². The molecule has 1 fully saturated rings. The third-order valence-electron chi connectivity index (χ3n) is 4.17. The number of nitrogens with two attached hydrogens (primary N) is 1. The smallest absolute Gasteiger partial charge is 0.223 e. The van der Waals surface area contributed by atoms with Gasteiger partial charge in [-0.25, -0.2) is 0 Å². The first-order valence-corrected chi connectivity index (χ1v) is 7.18. The van der Waals surface area contributed by atoms with Crippen molar-refractivity contribution in [3.63, 3.8) is 0 Å². The minimum absolute atomic E-state index is 0.253. The molecule has 1 aliphatic rings. The summed E-state index contributed by atoms with van der Waals surface area (Å²) < 4.78 is 0. The average molecular weight is 260 g/mol. The number of likely N-dealkylation sites (tertiary alicyclic amines) is 1. The van der Waals surface area contributed by atoms with Crippen molar-refractivity contribution in [3.8, 4) is 0 Å². The van der Waals surface area contributed by atoms with E-state index in [0.717, 1.165) is 19.4 Å². The van der Waals surface area contributed by atoms with Crippen LogP contribution in [0.25, 0.3) is 0 Å². The number of hydrogen-bond donors (Lipinski definition) is 1. The molecule has 1 amide bonds. The molecule has 2 N–H and O–H groups in total. The van der Waals surface area contributed by atoms with Crippen LogP contribution in [0.3, 0.4) is 0 Å². The second kappa shape index (κ2) is 6.20. The van der Waals surface area contributed by atoms with Crippen molar-refractivity contribution >= 4 is 5.91 Å². The summed E-state index contributed by atoms with van der Waals surface area (Å²) in [6.45, 7) is 5.70. The molecule has 19 heavy (non-hydrogen) atoms. The number of rotatable bonds is 4.